The van der Waals surface area contributed by atoms with Crippen LogP contribution in [0.1, 0.15) is 50.7 Å². The van der Waals surface area contributed by atoms with E-state index in [9.17, 15) is 4.79 Å². The van der Waals surface area contributed by atoms with Crippen LogP contribution in [0.4, 0.5) is 0 Å². The van der Waals surface area contributed by atoms with E-state index in [-0.39, 0.29) is 24.0 Å². The minimum absolute atomic E-state index is 0.0316. The zero-order valence-electron chi connectivity index (χ0n) is 14.8. The first kappa shape index (κ1) is 17.5. The Morgan fingerprint density at radius 2 is 2.16 bits per heavy atom. The standard InChI is InChI=1S/C17H25N7O/c1-11(2)16-19-6-7-24(16)9-13-8-15(23-22-13)17(25)21-12(3)14-4-5-18-10-20-14/h4-7,10-13,15,22-23H,8-9H2,1-3H3,(H,21,25). The molecule has 0 aromatic carbocycles. The lowest BCUT2D eigenvalue weighted by molar-refractivity contribution is -0.123. The zero-order chi connectivity index (χ0) is 17.8. The molecule has 25 heavy (non-hydrogen) atoms. The van der Waals surface area contributed by atoms with Crippen LogP contribution in [-0.4, -0.2) is 37.5 Å². The molecule has 3 heterocycles. The number of hydrogen-bond donors (Lipinski definition) is 3. The van der Waals surface area contributed by atoms with Gasteiger partial charge in [-0.1, -0.05) is 13.8 Å². The summed E-state index contributed by atoms with van der Waals surface area (Å²) in [6, 6.07) is 1.57. The Bertz CT molecular complexity index is 700. The molecule has 134 valence electrons. The molecule has 8 heteroatoms. The van der Waals surface area contributed by atoms with Gasteiger partial charge in [-0.15, -0.1) is 0 Å². The number of rotatable bonds is 6. The van der Waals surface area contributed by atoms with Crippen LogP contribution in [0, 0.1) is 0 Å². The maximum Gasteiger partial charge on any atom is 0.239 e. The van der Waals surface area contributed by atoms with Gasteiger partial charge in [-0.2, -0.15) is 0 Å². The lowest BCUT2D eigenvalue weighted by atomic mass is 10.1. The Kier molecular flexibility index (Phi) is 5.40. The van der Waals surface area contributed by atoms with E-state index < -0.39 is 0 Å². The summed E-state index contributed by atoms with van der Waals surface area (Å²) in [7, 11) is 0. The minimum atomic E-state index is -0.264. The van der Waals surface area contributed by atoms with E-state index in [1.165, 1.54) is 6.33 Å². The van der Waals surface area contributed by atoms with Crippen molar-refractivity contribution < 1.29 is 4.79 Å². The van der Waals surface area contributed by atoms with Crippen molar-refractivity contribution in [1.82, 2.24) is 35.7 Å². The van der Waals surface area contributed by atoms with Gasteiger partial charge in [-0.25, -0.2) is 20.4 Å². The quantitative estimate of drug-likeness (QED) is 0.721. The van der Waals surface area contributed by atoms with E-state index in [0.29, 0.717) is 5.92 Å². The largest absolute Gasteiger partial charge is 0.347 e. The van der Waals surface area contributed by atoms with Crippen LogP contribution < -0.4 is 16.2 Å². The summed E-state index contributed by atoms with van der Waals surface area (Å²) >= 11 is 0. The Hall–Kier alpha value is -2.32. The van der Waals surface area contributed by atoms with Gasteiger partial charge in [0.05, 0.1) is 11.7 Å². The van der Waals surface area contributed by atoms with Gasteiger partial charge in [0.25, 0.3) is 0 Å². The van der Waals surface area contributed by atoms with Crippen LogP contribution in [0.5, 0.6) is 0 Å². The van der Waals surface area contributed by atoms with Crippen LogP contribution in [0.15, 0.2) is 31.0 Å². The molecule has 1 fully saturated rings. The van der Waals surface area contributed by atoms with Gasteiger partial charge >= 0.3 is 0 Å². The topological polar surface area (TPSA) is 96.8 Å². The molecular weight excluding hydrogens is 318 g/mol. The third kappa shape index (κ3) is 4.21. The van der Waals surface area contributed by atoms with Gasteiger partial charge in [0.1, 0.15) is 18.2 Å². The average Bonchev–Trinajstić information content (AvgIpc) is 3.25. The second-order valence-corrected chi connectivity index (χ2v) is 6.73. The fourth-order valence-corrected chi connectivity index (χ4v) is 3.07. The van der Waals surface area contributed by atoms with Crippen molar-refractivity contribution in [2.45, 2.75) is 57.8 Å². The number of nitrogens with one attached hydrogen (secondary N) is 3. The SMILES string of the molecule is CC(C)c1nccn1CC1CC(C(=O)NC(C)c2ccncn2)NN1. The minimum Gasteiger partial charge on any atom is -0.347 e. The maximum absolute atomic E-state index is 12.5. The predicted octanol–water partition coefficient (Wildman–Crippen LogP) is 0.909. The Labute approximate surface area is 147 Å². The highest BCUT2D eigenvalue weighted by Gasteiger charge is 2.30. The van der Waals surface area contributed by atoms with Gasteiger partial charge in [0.2, 0.25) is 5.91 Å². The van der Waals surface area contributed by atoms with E-state index in [1.807, 2.05) is 19.3 Å². The molecule has 0 radical (unpaired) electrons. The molecule has 3 unspecified atom stereocenters. The van der Waals surface area contributed by atoms with Crippen molar-refractivity contribution in [2.24, 2.45) is 0 Å². The number of amides is 1. The molecule has 1 saturated heterocycles. The van der Waals surface area contributed by atoms with Gasteiger partial charge in [-0.3, -0.25) is 10.2 Å². The number of carbonyl (C=O) groups excluding carboxylic acids is 1. The van der Waals surface area contributed by atoms with E-state index in [1.54, 1.807) is 12.3 Å². The molecule has 2 aromatic heterocycles. The van der Waals surface area contributed by atoms with Gasteiger partial charge in [0, 0.05) is 37.1 Å². The molecular formula is C17H25N7O. The first-order valence-electron chi connectivity index (χ1n) is 8.63. The fraction of sp³-hybridized carbons (Fsp3) is 0.529. The number of aromatic nitrogens is 4. The van der Waals surface area contributed by atoms with Gasteiger partial charge < -0.3 is 9.88 Å². The molecule has 0 saturated carbocycles. The fourth-order valence-electron chi connectivity index (χ4n) is 3.07. The molecule has 3 N–H and O–H groups in total. The van der Waals surface area contributed by atoms with Crippen molar-refractivity contribution in [2.75, 3.05) is 0 Å². The smallest absolute Gasteiger partial charge is 0.239 e. The van der Waals surface area contributed by atoms with Crippen LogP contribution in [-0.2, 0) is 11.3 Å². The molecule has 1 aliphatic heterocycles. The van der Waals surface area contributed by atoms with E-state index in [0.717, 1.165) is 24.5 Å². The molecule has 0 spiro atoms. The lowest BCUT2D eigenvalue weighted by Crippen LogP contribution is -2.44. The second kappa shape index (κ2) is 7.71. The van der Waals surface area contributed by atoms with Crippen LogP contribution >= 0.6 is 0 Å². The van der Waals surface area contributed by atoms with Crippen molar-refractivity contribution in [1.29, 1.82) is 0 Å². The predicted molar refractivity (Wildman–Crippen MR) is 93.4 cm³/mol. The average molecular weight is 343 g/mol. The Morgan fingerprint density at radius 3 is 2.88 bits per heavy atom. The summed E-state index contributed by atoms with van der Waals surface area (Å²) in [4.78, 5) is 25.0. The van der Waals surface area contributed by atoms with Gasteiger partial charge in [0.15, 0.2) is 0 Å². The third-order valence-corrected chi connectivity index (χ3v) is 4.39. The lowest BCUT2D eigenvalue weighted by Gasteiger charge is -2.16. The van der Waals surface area contributed by atoms with Crippen LogP contribution in [0.25, 0.3) is 0 Å². The molecule has 2 aromatic rings. The number of hydrazine groups is 1. The summed E-state index contributed by atoms with van der Waals surface area (Å²) in [5.74, 6) is 1.40. The normalized spacial score (nSPS) is 21.4. The summed E-state index contributed by atoms with van der Waals surface area (Å²) in [5, 5.41) is 3.00. The first-order valence-corrected chi connectivity index (χ1v) is 8.63. The van der Waals surface area contributed by atoms with Gasteiger partial charge in [-0.05, 0) is 19.4 Å². The molecule has 3 atom stereocenters. The van der Waals surface area contributed by atoms with Crippen LogP contribution in [0.2, 0.25) is 0 Å². The highest BCUT2D eigenvalue weighted by molar-refractivity contribution is 5.82. The van der Waals surface area contributed by atoms with Crippen molar-refractivity contribution >= 4 is 5.91 Å². The summed E-state index contributed by atoms with van der Waals surface area (Å²) in [6.07, 6.45) is 7.69. The van der Waals surface area contributed by atoms with E-state index >= 15 is 0 Å². The number of hydrogen-bond acceptors (Lipinski definition) is 6. The van der Waals surface area contributed by atoms with Crippen LogP contribution in [0.3, 0.4) is 0 Å². The number of carbonyl (C=O) groups is 1. The summed E-state index contributed by atoms with van der Waals surface area (Å²) in [6.45, 7) is 6.96. The monoisotopic (exact) mass is 343 g/mol. The maximum atomic E-state index is 12.5. The Morgan fingerprint density at radius 1 is 1.32 bits per heavy atom. The molecule has 1 amide bonds. The highest BCUT2D eigenvalue weighted by Crippen LogP contribution is 2.15. The third-order valence-electron chi connectivity index (χ3n) is 4.39. The summed E-state index contributed by atoms with van der Waals surface area (Å²) in [5.41, 5.74) is 7.11. The highest BCUT2D eigenvalue weighted by atomic mass is 16.2. The number of imidazole rings is 1. The van der Waals surface area contributed by atoms with Crippen molar-refractivity contribution in [3.8, 4) is 0 Å². The molecule has 1 aliphatic rings. The first-order chi connectivity index (χ1) is 12.0. The molecule has 8 nitrogen and oxygen atoms in total. The zero-order valence-corrected chi connectivity index (χ0v) is 14.8. The number of nitrogens with zero attached hydrogens (tertiary/aromatic N) is 4. The molecule has 0 aliphatic carbocycles. The Balaban J connectivity index is 1.53. The van der Waals surface area contributed by atoms with Crippen molar-refractivity contribution in [3.63, 3.8) is 0 Å². The summed E-state index contributed by atoms with van der Waals surface area (Å²) < 4.78 is 2.15. The second-order valence-electron chi connectivity index (χ2n) is 6.73. The van der Waals surface area contributed by atoms with E-state index in [2.05, 4.69) is 49.5 Å². The van der Waals surface area contributed by atoms with Crippen molar-refractivity contribution in [3.05, 3.63) is 42.5 Å². The van der Waals surface area contributed by atoms with E-state index in [4.69, 9.17) is 0 Å². The molecule has 0 bridgehead atoms. The molecule has 3 rings (SSSR count).